The molecule has 0 atom stereocenters. The molecule has 1 fully saturated rings. The van der Waals surface area contributed by atoms with Gasteiger partial charge < -0.3 is 10.3 Å². The van der Waals surface area contributed by atoms with Gasteiger partial charge >= 0.3 is 0 Å². The van der Waals surface area contributed by atoms with Crippen molar-refractivity contribution >= 4 is 28.5 Å². The lowest BCUT2D eigenvalue weighted by Gasteiger charge is -2.23. The van der Waals surface area contributed by atoms with Crippen LogP contribution in [-0.2, 0) is 0 Å². The van der Waals surface area contributed by atoms with Crippen LogP contribution in [0.15, 0.2) is 49.3 Å². The van der Waals surface area contributed by atoms with Crippen LogP contribution in [-0.4, -0.2) is 31.0 Å². The molecule has 4 aromatic heterocycles. The van der Waals surface area contributed by atoms with Gasteiger partial charge in [-0.3, -0.25) is 0 Å². The average molecular weight is 405 g/mol. The van der Waals surface area contributed by atoms with E-state index in [-0.39, 0.29) is 0 Å². The lowest BCUT2D eigenvalue weighted by Crippen LogP contribution is -2.22. The number of nitrogens with zero attached hydrogens (tertiary/aromatic N) is 4. The zero-order valence-electron chi connectivity index (χ0n) is 15.9. The standard InChI is InChI=1S/C22H21ClN6/c23-20-7-14(8-21(29-20)28-17-4-2-1-3-5-17)19-12-27-22-18(19)6-15(11-26-22)16-9-24-13-25-10-16/h6-13,17H,1-5H2,(H,26,27)(H,28,29). The van der Waals surface area contributed by atoms with E-state index in [4.69, 9.17) is 11.6 Å². The molecule has 0 aromatic carbocycles. The number of rotatable bonds is 4. The summed E-state index contributed by atoms with van der Waals surface area (Å²) in [7, 11) is 0. The Morgan fingerprint density at radius 1 is 0.931 bits per heavy atom. The summed E-state index contributed by atoms with van der Waals surface area (Å²) in [5.41, 5.74) is 4.79. The maximum atomic E-state index is 6.37. The summed E-state index contributed by atoms with van der Waals surface area (Å²) in [5.74, 6) is 0.828. The summed E-state index contributed by atoms with van der Waals surface area (Å²) in [6.45, 7) is 0. The van der Waals surface area contributed by atoms with Crippen LogP contribution in [0.4, 0.5) is 5.82 Å². The molecule has 1 aliphatic rings. The van der Waals surface area contributed by atoms with Crippen LogP contribution < -0.4 is 5.32 Å². The minimum absolute atomic E-state index is 0.469. The Balaban J connectivity index is 1.53. The fourth-order valence-electron chi connectivity index (χ4n) is 4.03. The van der Waals surface area contributed by atoms with Gasteiger partial charge in [-0.25, -0.2) is 19.9 Å². The molecule has 1 saturated carbocycles. The molecule has 0 radical (unpaired) electrons. The number of nitrogens with one attached hydrogen (secondary N) is 2. The van der Waals surface area contributed by atoms with Gasteiger partial charge in [0.1, 0.15) is 22.9 Å². The molecule has 2 N–H and O–H groups in total. The minimum atomic E-state index is 0.469. The SMILES string of the molecule is Clc1cc(-c2c[nH]c3ncc(-c4cncnc4)cc23)cc(NC2CCCCC2)n1. The van der Waals surface area contributed by atoms with Gasteiger partial charge in [-0.1, -0.05) is 30.9 Å². The Morgan fingerprint density at radius 2 is 1.76 bits per heavy atom. The molecule has 0 aliphatic heterocycles. The van der Waals surface area contributed by atoms with Crippen LogP contribution in [0.2, 0.25) is 5.15 Å². The quantitative estimate of drug-likeness (QED) is 0.440. The van der Waals surface area contributed by atoms with Crippen LogP contribution in [0.3, 0.4) is 0 Å². The molecular formula is C22H21ClN6. The van der Waals surface area contributed by atoms with Crippen molar-refractivity contribution in [2.24, 2.45) is 0 Å². The van der Waals surface area contributed by atoms with Crippen molar-refractivity contribution in [1.82, 2.24) is 24.9 Å². The minimum Gasteiger partial charge on any atom is -0.367 e. The maximum absolute atomic E-state index is 6.37. The van der Waals surface area contributed by atoms with Crippen LogP contribution >= 0.6 is 11.6 Å². The fourth-order valence-corrected chi connectivity index (χ4v) is 4.24. The van der Waals surface area contributed by atoms with E-state index in [0.29, 0.717) is 11.2 Å². The number of anilines is 1. The number of hydrogen-bond acceptors (Lipinski definition) is 5. The van der Waals surface area contributed by atoms with Crippen molar-refractivity contribution in [3.8, 4) is 22.3 Å². The van der Waals surface area contributed by atoms with Gasteiger partial charge in [0, 0.05) is 52.9 Å². The normalized spacial score (nSPS) is 14.9. The maximum Gasteiger partial charge on any atom is 0.137 e. The van der Waals surface area contributed by atoms with E-state index in [0.717, 1.165) is 39.1 Å². The van der Waals surface area contributed by atoms with E-state index in [1.54, 1.807) is 12.4 Å². The van der Waals surface area contributed by atoms with Gasteiger partial charge in [-0.2, -0.15) is 0 Å². The topological polar surface area (TPSA) is 79.4 Å². The van der Waals surface area contributed by atoms with Crippen molar-refractivity contribution in [2.45, 2.75) is 38.1 Å². The Bertz CT molecular complexity index is 1130. The summed E-state index contributed by atoms with van der Waals surface area (Å²) in [4.78, 5) is 20.5. The second kappa shape index (κ2) is 7.79. The van der Waals surface area contributed by atoms with Crippen LogP contribution in [0.25, 0.3) is 33.3 Å². The molecule has 0 amide bonds. The highest BCUT2D eigenvalue weighted by molar-refractivity contribution is 6.29. The van der Waals surface area contributed by atoms with E-state index in [9.17, 15) is 0 Å². The molecule has 0 saturated heterocycles. The molecular weight excluding hydrogens is 384 g/mol. The lowest BCUT2D eigenvalue weighted by molar-refractivity contribution is 0.462. The Hall–Kier alpha value is -2.99. The molecule has 4 aromatic rings. The van der Waals surface area contributed by atoms with Gasteiger partial charge in [0.05, 0.1) is 0 Å². The van der Waals surface area contributed by atoms with Gasteiger partial charge in [-0.15, -0.1) is 0 Å². The monoisotopic (exact) mass is 404 g/mol. The highest BCUT2D eigenvalue weighted by Crippen LogP contribution is 2.33. The summed E-state index contributed by atoms with van der Waals surface area (Å²) < 4.78 is 0. The second-order valence-corrected chi connectivity index (χ2v) is 7.88. The fraction of sp³-hybridized carbons (Fsp3) is 0.273. The number of aromatic nitrogens is 5. The van der Waals surface area contributed by atoms with Crippen molar-refractivity contribution in [1.29, 1.82) is 0 Å². The van der Waals surface area contributed by atoms with E-state index in [1.807, 2.05) is 18.5 Å². The smallest absolute Gasteiger partial charge is 0.137 e. The first-order valence-corrected chi connectivity index (χ1v) is 10.3. The number of hydrogen-bond donors (Lipinski definition) is 2. The van der Waals surface area contributed by atoms with E-state index < -0.39 is 0 Å². The molecule has 4 heterocycles. The molecule has 29 heavy (non-hydrogen) atoms. The number of H-pyrrole nitrogens is 1. The summed E-state index contributed by atoms with van der Waals surface area (Å²) in [6.07, 6.45) is 15.1. The molecule has 5 rings (SSSR count). The Morgan fingerprint density at radius 3 is 2.59 bits per heavy atom. The van der Waals surface area contributed by atoms with Crippen molar-refractivity contribution in [2.75, 3.05) is 5.32 Å². The van der Waals surface area contributed by atoms with Crippen LogP contribution in [0, 0.1) is 0 Å². The average Bonchev–Trinajstić information content (AvgIpc) is 3.18. The molecule has 6 nitrogen and oxygen atoms in total. The number of pyridine rings is 2. The molecule has 7 heteroatoms. The molecule has 0 spiro atoms. The summed E-state index contributed by atoms with van der Waals surface area (Å²) >= 11 is 6.37. The predicted molar refractivity (Wildman–Crippen MR) is 116 cm³/mol. The van der Waals surface area contributed by atoms with E-state index in [1.165, 1.54) is 38.4 Å². The first kappa shape index (κ1) is 18.1. The van der Waals surface area contributed by atoms with E-state index in [2.05, 4.69) is 42.4 Å². The highest BCUT2D eigenvalue weighted by Gasteiger charge is 2.16. The lowest BCUT2D eigenvalue weighted by atomic mass is 9.95. The van der Waals surface area contributed by atoms with Gasteiger partial charge in [0.25, 0.3) is 0 Å². The summed E-state index contributed by atoms with van der Waals surface area (Å²) in [6, 6.07) is 6.54. The van der Waals surface area contributed by atoms with Crippen molar-refractivity contribution in [3.63, 3.8) is 0 Å². The second-order valence-electron chi connectivity index (χ2n) is 7.49. The summed E-state index contributed by atoms with van der Waals surface area (Å²) in [5, 5.41) is 5.08. The van der Waals surface area contributed by atoms with Crippen LogP contribution in [0.1, 0.15) is 32.1 Å². The third-order valence-electron chi connectivity index (χ3n) is 5.49. The number of aromatic amines is 1. The molecule has 0 unspecified atom stereocenters. The van der Waals surface area contributed by atoms with Crippen LogP contribution in [0.5, 0.6) is 0 Å². The molecule has 1 aliphatic carbocycles. The Kier molecular flexibility index (Phi) is 4.86. The molecule has 146 valence electrons. The van der Waals surface area contributed by atoms with Gasteiger partial charge in [-0.05, 0) is 36.6 Å². The Labute approximate surface area is 173 Å². The van der Waals surface area contributed by atoms with E-state index >= 15 is 0 Å². The van der Waals surface area contributed by atoms with Gasteiger partial charge in [0.15, 0.2) is 0 Å². The zero-order valence-corrected chi connectivity index (χ0v) is 16.7. The van der Waals surface area contributed by atoms with Crippen molar-refractivity contribution in [3.05, 3.63) is 54.5 Å². The third-order valence-corrected chi connectivity index (χ3v) is 5.68. The number of fused-ring (bicyclic) bond motifs is 1. The predicted octanol–water partition coefficient (Wildman–Crippen LogP) is 5.48. The van der Waals surface area contributed by atoms with Crippen molar-refractivity contribution < 1.29 is 0 Å². The largest absolute Gasteiger partial charge is 0.367 e. The number of halogens is 1. The zero-order chi connectivity index (χ0) is 19.6. The third kappa shape index (κ3) is 3.80. The van der Waals surface area contributed by atoms with Gasteiger partial charge in [0.2, 0.25) is 0 Å². The highest BCUT2D eigenvalue weighted by atomic mass is 35.5. The molecule has 0 bridgehead atoms. The first-order chi connectivity index (χ1) is 14.3. The first-order valence-electron chi connectivity index (χ1n) is 9.93.